The van der Waals surface area contributed by atoms with Crippen molar-refractivity contribution in [1.82, 2.24) is 24.8 Å². The first-order valence-corrected chi connectivity index (χ1v) is 10.6. The Balaban J connectivity index is 1.48. The van der Waals surface area contributed by atoms with E-state index in [0.29, 0.717) is 29.7 Å². The molecule has 2 fully saturated rings. The molecule has 29 heavy (non-hydrogen) atoms. The number of aromatic nitrogens is 4. The van der Waals surface area contributed by atoms with E-state index < -0.39 is 0 Å². The number of Topliss-reactive ketones (excluding diaryl/α,β-unsaturated/α-hetero) is 1. The second kappa shape index (κ2) is 8.82. The van der Waals surface area contributed by atoms with Crippen molar-refractivity contribution in [3.05, 3.63) is 29.7 Å². The topological polar surface area (TPSA) is 87.1 Å². The predicted octanol–water partition coefficient (Wildman–Crippen LogP) is 2.70. The number of hydrogen-bond acceptors (Lipinski definition) is 8. The first-order chi connectivity index (χ1) is 14.1. The number of likely N-dealkylation sites (N-methyl/N-ethyl adjacent to an activating group) is 1. The summed E-state index contributed by atoms with van der Waals surface area (Å²) < 4.78 is 0. The van der Waals surface area contributed by atoms with Crippen LogP contribution in [0, 0.1) is 5.92 Å². The third-order valence-electron chi connectivity index (χ3n) is 5.57. The van der Waals surface area contributed by atoms with Gasteiger partial charge in [-0.15, -0.1) is 0 Å². The number of anilines is 3. The SMILES string of the molecule is CCc1nc(Nc2cc(C(=O)CCC3CC3)ccn2)nc(N2CCN(C)CC2)n1. The molecule has 1 aliphatic carbocycles. The van der Waals surface area contributed by atoms with Crippen LogP contribution in [0.2, 0.25) is 0 Å². The van der Waals surface area contributed by atoms with Gasteiger partial charge in [-0.3, -0.25) is 4.79 Å². The van der Waals surface area contributed by atoms with Crippen LogP contribution in [0.4, 0.5) is 17.7 Å². The molecule has 8 nitrogen and oxygen atoms in total. The van der Waals surface area contributed by atoms with Gasteiger partial charge in [0, 0.05) is 50.8 Å². The Kier molecular flexibility index (Phi) is 5.99. The maximum atomic E-state index is 12.5. The van der Waals surface area contributed by atoms with Crippen molar-refractivity contribution in [2.45, 2.75) is 39.0 Å². The van der Waals surface area contributed by atoms with E-state index in [1.807, 2.05) is 6.92 Å². The number of carbonyl (C=O) groups is 1. The van der Waals surface area contributed by atoms with Crippen molar-refractivity contribution in [2.75, 3.05) is 43.4 Å². The van der Waals surface area contributed by atoms with Crippen LogP contribution in [0.25, 0.3) is 0 Å². The molecule has 4 rings (SSSR count). The smallest absolute Gasteiger partial charge is 0.233 e. The molecule has 0 aromatic carbocycles. The Hall–Kier alpha value is -2.61. The van der Waals surface area contributed by atoms with Gasteiger partial charge < -0.3 is 15.1 Å². The van der Waals surface area contributed by atoms with Gasteiger partial charge >= 0.3 is 0 Å². The van der Waals surface area contributed by atoms with Crippen LogP contribution in [-0.2, 0) is 6.42 Å². The summed E-state index contributed by atoms with van der Waals surface area (Å²) in [7, 11) is 2.12. The maximum Gasteiger partial charge on any atom is 0.233 e. The molecule has 0 atom stereocenters. The van der Waals surface area contributed by atoms with E-state index in [4.69, 9.17) is 0 Å². The van der Waals surface area contributed by atoms with Crippen molar-refractivity contribution < 1.29 is 4.79 Å². The van der Waals surface area contributed by atoms with Crippen LogP contribution in [0.5, 0.6) is 0 Å². The van der Waals surface area contributed by atoms with Crippen LogP contribution in [0.15, 0.2) is 18.3 Å². The van der Waals surface area contributed by atoms with Gasteiger partial charge in [-0.05, 0) is 31.5 Å². The highest BCUT2D eigenvalue weighted by molar-refractivity contribution is 5.96. The van der Waals surface area contributed by atoms with Crippen LogP contribution >= 0.6 is 0 Å². The molecule has 154 valence electrons. The summed E-state index contributed by atoms with van der Waals surface area (Å²) >= 11 is 0. The van der Waals surface area contributed by atoms with E-state index >= 15 is 0 Å². The predicted molar refractivity (Wildman–Crippen MR) is 113 cm³/mol. The number of rotatable bonds is 8. The summed E-state index contributed by atoms with van der Waals surface area (Å²) in [5.41, 5.74) is 0.687. The monoisotopic (exact) mass is 395 g/mol. The third kappa shape index (κ3) is 5.26. The van der Waals surface area contributed by atoms with Crippen molar-refractivity contribution >= 4 is 23.5 Å². The number of piperazine rings is 1. The third-order valence-corrected chi connectivity index (χ3v) is 5.57. The Bertz CT molecular complexity index is 860. The van der Waals surface area contributed by atoms with Gasteiger partial charge in [0.15, 0.2) is 5.78 Å². The quantitative estimate of drug-likeness (QED) is 0.683. The molecular weight excluding hydrogens is 366 g/mol. The van der Waals surface area contributed by atoms with Crippen molar-refractivity contribution in [2.24, 2.45) is 5.92 Å². The number of hydrogen-bond donors (Lipinski definition) is 1. The first-order valence-electron chi connectivity index (χ1n) is 10.6. The van der Waals surface area contributed by atoms with Crippen molar-refractivity contribution in [3.63, 3.8) is 0 Å². The zero-order valence-corrected chi connectivity index (χ0v) is 17.3. The summed E-state index contributed by atoms with van der Waals surface area (Å²) in [4.78, 5) is 35.0. The molecule has 1 aliphatic heterocycles. The highest BCUT2D eigenvalue weighted by atomic mass is 16.1. The molecule has 1 N–H and O–H groups in total. The van der Waals surface area contributed by atoms with E-state index in [0.717, 1.165) is 50.8 Å². The van der Waals surface area contributed by atoms with Gasteiger partial charge in [0.25, 0.3) is 0 Å². The molecule has 3 heterocycles. The number of carbonyl (C=O) groups excluding carboxylic acids is 1. The Labute approximate surface area is 171 Å². The van der Waals surface area contributed by atoms with Crippen LogP contribution in [-0.4, -0.2) is 63.8 Å². The minimum Gasteiger partial charge on any atom is -0.338 e. The lowest BCUT2D eigenvalue weighted by atomic mass is 10.1. The van der Waals surface area contributed by atoms with Gasteiger partial charge in [0.2, 0.25) is 11.9 Å². The van der Waals surface area contributed by atoms with Gasteiger partial charge in [-0.25, -0.2) is 4.98 Å². The fraction of sp³-hybridized carbons (Fsp3) is 0.571. The number of ketones is 1. The fourth-order valence-electron chi connectivity index (χ4n) is 3.44. The lowest BCUT2D eigenvalue weighted by Gasteiger charge is -2.32. The Morgan fingerprint density at radius 3 is 2.69 bits per heavy atom. The van der Waals surface area contributed by atoms with Gasteiger partial charge in [-0.2, -0.15) is 15.0 Å². The lowest BCUT2D eigenvalue weighted by molar-refractivity contribution is 0.0978. The van der Waals surface area contributed by atoms with Crippen molar-refractivity contribution in [1.29, 1.82) is 0 Å². The number of pyridine rings is 1. The molecule has 0 bridgehead atoms. The van der Waals surface area contributed by atoms with Crippen LogP contribution in [0.1, 0.15) is 48.8 Å². The maximum absolute atomic E-state index is 12.5. The van der Waals surface area contributed by atoms with Gasteiger partial charge in [0.1, 0.15) is 11.6 Å². The first kappa shape index (κ1) is 19.7. The number of nitrogens with one attached hydrogen (secondary N) is 1. The molecule has 0 amide bonds. The average Bonchev–Trinajstić information content (AvgIpc) is 3.57. The van der Waals surface area contributed by atoms with Gasteiger partial charge in [0.05, 0.1) is 0 Å². The second-order valence-electron chi connectivity index (χ2n) is 7.98. The zero-order chi connectivity index (χ0) is 20.2. The summed E-state index contributed by atoms with van der Waals surface area (Å²) in [5, 5.41) is 3.18. The number of nitrogens with zero attached hydrogens (tertiary/aromatic N) is 6. The zero-order valence-electron chi connectivity index (χ0n) is 17.3. The van der Waals surface area contributed by atoms with E-state index in [-0.39, 0.29) is 5.78 Å². The molecule has 0 radical (unpaired) electrons. The van der Waals surface area contributed by atoms with Crippen LogP contribution < -0.4 is 10.2 Å². The molecule has 0 unspecified atom stereocenters. The minimum atomic E-state index is 0.172. The highest BCUT2D eigenvalue weighted by Gasteiger charge is 2.22. The molecule has 1 saturated heterocycles. The summed E-state index contributed by atoms with van der Waals surface area (Å²) in [6.45, 7) is 5.80. The second-order valence-corrected chi connectivity index (χ2v) is 7.98. The minimum absolute atomic E-state index is 0.172. The normalized spacial score (nSPS) is 17.4. The van der Waals surface area contributed by atoms with E-state index in [9.17, 15) is 4.79 Å². The van der Waals surface area contributed by atoms with Crippen molar-refractivity contribution in [3.8, 4) is 0 Å². The van der Waals surface area contributed by atoms with E-state index in [1.165, 1.54) is 12.8 Å². The fourth-order valence-corrected chi connectivity index (χ4v) is 3.44. The molecule has 2 aromatic rings. The lowest BCUT2D eigenvalue weighted by Crippen LogP contribution is -2.45. The van der Waals surface area contributed by atoms with E-state index in [1.54, 1.807) is 18.3 Å². The van der Waals surface area contributed by atoms with Gasteiger partial charge in [-0.1, -0.05) is 19.8 Å². The largest absolute Gasteiger partial charge is 0.338 e. The Morgan fingerprint density at radius 1 is 1.17 bits per heavy atom. The molecule has 2 aromatic heterocycles. The molecule has 2 aliphatic rings. The molecular formula is C21H29N7O. The highest BCUT2D eigenvalue weighted by Crippen LogP contribution is 2.34. The van der Waals surface area contributed by atoms with Crippen LogP contribution in [0.3, 0.4) is 0 Å². The summed E-state index contributed by atoms with van der Waals surface area (Å²) in [6, 6.07) is 3.57. The summed E-state index contributed by atoms with van der Waals surface area (Å²) in [6.07, 6.45) is 6.52. The average molecular weight is 396 g/mol. The number of aryl methyl sites for hydroxylation is 1. The van der Waals surface area contributed by atoms with E-state index in [2.05, 4.69) is 42.1 Å². The molecule has 1 saturated carbocycles. The standard InChI is InChI=1S/C21H29N7O/c1-3-18-23-20(26-21(25-18)28-12-10-27(2)11-13-28)24-19-14-16(8-9-22-19)17(29)7-6-15-4-5-15/h8-9,14-15H,3-7,10-13H2,1-2H3,(H,22,23,24,25,26). The molecule has 0 spiro atoms. The Morgan fingerprint density at radius 2 is 1.97 bits per heavy atom. The molecule has 8 heteroatoms. The summed E-state index contributed by atoms with van der Waals surface area (Å²) in [5.74, 6) is 3.42.